The SMILES string of the molecule is CCC(C)c1ccc2c(c1)S(=O)(=O)NC2. The largest absolute Gasteiger partial charge is 0.241 e. The molecule has 0 bridgehead atoms. The molecule has 1 aliphatic rings. The molecule has 1 atom stereocenters. The average molecular weight is 225 g/mol. The standard InChI is InChI=1S/C11H15NO2S/c1-3-8(2)9-4-5-10-7-12-15(13,14)11(10)6-9/h4-6,8,12H,3,7H2,1-2H3. The Morgan fingerprint density at radius 2 is 2.20 bits per heavy atom. The Hall–Kier alpha value is -0.870. The highest BCUT2D eigenvalue weighted by atomic mass is 32.2. The fourth-order valence-electron chi connectivity index (χ4n) is 1.76. The van der Waals surface area contributed by atoms with Crippen molar-refractivity contribution in [2.24, 2.45) is 0 Å². The third-order valence-electron chi connectivity index (χ3n) is 3.01. The number of fused-ring (bicyclic) bond motifs is 1. The first-order valence-corrected chi connectivity index (χ1v) is 6.65. The van der Waals surface area contributed by atoms with Crippen LogP contribution in [0.3, 0.4) is 0 Å². The van der Waals surface area contributed by atoms with Crippen molar-refractivity contribution in [3.63, 3.8) is 0 Å². The Morgan fingerprint density at radius 1 is 1.47 bits per heavy atom. The van der Waals surface area contributed by atoms with Gasteiger partial charge in [-0.15, -0.1) is 0 Å². The van der Waals surface area contributed by atoms with Crippen molar-refractivity contribution in [2.75, 3.05) is 0 Å². The summed E-state index contributed by atoms with van der Waals surface area (Å²) in [6, 6.07) is 5.74. The minimum Gasteiger partial charge on any atom is -0.207 e. The first-order valence-electron chi connectivity index (χ1n) is 5.17. The van der Waals surface area contributed by atoms with Crippen molar-refractivity contribution in [3.05, 3.63) is 29.3 Å². The van der Waals surface area contributed by atoms with Gasteiger partial charge in [-0.3, -0.25) is 0 Å². The van der Waals surface area contributed by atoms with E-state index in [0.29, 0.717) is 17.4 Å². The van der Waals surface area contributed by atoms with Gasteiger partial charge in [0.25, 0.3) is 0 Å². The molecule has 2 rings (SSSR count). The minimum absolute atomic E-state index is 0.408. The number of benzene rings is 1. The fourth-order valence-corrected chi connectivity index (χ4v) is 3.04. The average Bonchev–Trinajstić information content (AvgIpc) is 2.53. The predicted molar refractivity (Wildman–Crippen MR) is 59.2 cm³/mol. The molecular weight excluding hydrogens is 210 g/mol. The summed E-state index contributed by atoms with van der Waals surface area (Å²) in [6.07, 6.45) is 1.02. The second-order valence-electron chi connectivity index (χ2n) is 4.00. The molecule has 0 amide bonds. The van der Waals surface area contributed by atoms with Crippen molar-refractivity contribution in [2.45, 2.75) is 37.6 Å². The van der Waals surface area contributed by atoms with Gasteiger partial charge < -0.3 is 0 Å². The van der Waals surface area contributed by atoms with Gasteiger partial charge in [-0.05, 0) is 29.5 Å². The molecule has 4 heteroatoms. The second-order valence-corrected chi connectivity index (χ2v) is 5.74. The van der Waals surface area contributed by atoms with Gasteiger partial charge in [0.2, 0.25) is 10.0 Å². The van der Waals surface area contributed by atoms with Crippen molar-refractivity contribution >= 4 is 10.0 Å². The molecule has 1 aromatic rings. The first-order chi connectivity index (χ1) is 7.04. The molecule has 0 spiro atoms. The molecule has 1 aliphatic heterocycles. The topological polar surface area (TPSA) is 46.2 Å². The molecule has 15 heavy (non-hydrogen) atoms. The monoisotopic (exact) mass is 225 g/mol. The summed E-state index contributed by atoms with van der Waals surface area (Å²) in [5.41, 5.74) is 1.98. The Morgan fingerprint density at radius 3 is 2.87 bits per heavy atom. The lowest BCUT2D eigenvalue weighted by atomic mass is 9.98. The van der Waals surface area contributed by atoms with Crippen LogP contribution in [0.25, 0.3) is 0 Å². The smallest absolute Gasteiger partial charge is 0.207 e. The van der Waals surface area contributed by atoms with E-state index in [1.165, 1.54) is 0 Å². The van der Waals surface area contributed by atoms with E-state index >= 15 is 0 Å². The molecule has 0 fully saturated rings. The van der Waals surface area contributed by atoms with E-state index in [2.05, 4.69) is 18.6 Å². The summed E-state index contributed by atoms with van der Waals surface area (Å²) in [5, 5.41) is 0. The van der Waals surface area contributed by atoms with Crippen LogP contribution >= 0.6 is 0 Å². The highest BCUT2D eigenvalue weighted by Crippen LogP contribution is 2.27. The van der Waals surface area contributed by atoms with E-state index in [1.807, 2.05) is 12.1 Å². The van der Waals surface area contributed by atoms with Crippen LogP contribution in [0.4, 0.5) is 0 Å². The third kappa shape index (κ3) is 1.79. The maximum atomic E-state index is 11.6. The first kappa shape index (κ1) is 10.6. The molecule has 0 radical (unpaired) electrons. The maximum absolute atomic E-state index is 11.6. The maximum Gasteiger partial charge on any atom is 0.241 e. The summed E-state index contributed by atoms with van der Waals surface area (Å²) in [5.74, 6) is 0.408. The fraction of sp³-hybridized carbons (Fsp3) is 0.455. The van der Waals surface area contributed by atoms with Crippen LogP contribution in [0.2, 0.25) is 0 Å². The lowest BCUT2D eigenvalue weighted by Gasteiger charge is -2.09. The number of hydrogen-bond acceptors (Lipinski definition) is 2. The van der Waals surface area contributed by atoms with Crippen molar-refractivity contribution in [1.29, 1.82) is 0 Å². The Labute approximate surface area is 90.6 Å². The van der Waals surface area contributed by atoms with Crippen LogP contribution in [0, 0.1) is 0 Å². The van der Waals surface area contributed by atoms with Gasteiger partial charge in [0.15, 0.2) is 0 Å². The highest BCUT2D eigenvalue weighted by Gasteiger charge is 2.25. The number of sulfonamides is 1. The Balaban J connectivity index is 2.51. The molecule has 0 aliphatic carbocycles. The number of rotatable bonds is 2. The van der Waals surface area contributed by atoms with Crippen LogP contribution in [0.1, 0.15) is 37.3 Å². The van der Waals surface area contributed by atoms with Crippen LogP contribution < -0.4 is 4.72 Å². The van der Waals surface area contributed by atoms with Crippen LogP contribution in [0.15, 0.2) is 23.1 Å². The van der Waals surface area contributed by atoms with Gasteiger partial charge in [-0.25, -0.2) is 13.1 Å². The second kappa shape index (κ2) is 3.61. The molecule has 0 aromatic heterocycles. The van der Waals surface area contributed by atoms with Gasteiger partial charge >= 0.3 is 0 Å². The molecule has 82 valence electrons. The minimum atomic E-state index is -3.22. The highest BCUT2D eigenvalue weighted by molar-refractivity contribution is 7.89. The zero-order valence-electron chi connectivity index (χ0n) is 8.95. The van der Waals surface area contributed by atoms with Crippen molar-refractivity contribution in [3.8, 4) is 0 Å². The summed E-state index contributed by atoms with van der Waals surface area (Å²) in [7, 11) is -3.22. The Bertz CT molecular complexity index is 479. The molecule has 3 nitrogen and oxygen atoms in total. The lowest BCUT2D eigenvalue weighted by molar-refractivity contribution is 0.589. The Kier molecular flexibility index (Phi) is 2.56. The molecular formula is C11H15NO2S. The molecule has 0 saturated heterocycles. The quantitative estimate of drug-likeness (QED) is 0.836. The summed E-state index contributed by atoms with van der Waals surface area (Å²) < 4.78 is 25.7. The molecule has 1 unspecified atom stereocenters. The van der Waals surface area contributed by atoms with Gasteiger partial charge in [0.1, 0.15) is 0 Å². The van der Waals surface area contributed by atoms with E-state index < -0.39 is 10.0 Å². The van der Waals surface area contributed by atoms with Gasteiger partial charge in [-0.1, -0.05) is 26.0 Å². The molecule has 0 saturated carbocycles. The predicted octanol–water partition coefficient (Wildman–Crippen LogP) is 1.99. The zero-order valence-corrected chi connectivity index (χ0v) is 9.76. The van der Waals surface area contributed by atoms with E-state index in [1.54, 1.807) is 6.07 Å². The summed E-state index contributed by atoms with van der Waals surface area (Å²) in [6.45, 7) is 4.64. The summed E-state index contributed by atoms with van der Waals surface area (Å²) in [4.78, 5) is 0.459. The van der Waals surface area contributed by atoms with Crippen LogP contribution in [0.5, 0.6) is 0 Å². The normalized spacial score (nSPS) is 19.9. The van der Waals surface area contributed by atoms with Crippen molar-refractivity contribution in [1.82, 2.24) is 4.72 Å². The van der Waals surface area contributed by atoms with E-state index in [9.17, 15) is 8.42 Å². The summed E-state index contributed by atoms with van der Waals surface area (Å²) >= 11 is 0. The van der Waals surface area contributed by atoms with Crippen LogP contribution in [-0.2, 0) is 16.6 Å². The van der Waals surface area contributed by atoms with Gasteiger partial charge in [0.05, 0.1) is 4.90 Å². The molecule has 1 aromatic carbocycles. The van der Waals surface area contributed by atoms with Gasteiger partial charge in [0, 0.05) is 6.54 Å². The van der Waals surface area contributed by atoms with E-state index in [0.717, 1.165) is 17.5 Å². The van der Waals surface area contributed by atoms with Gasteiger partial charge in [-0.2, -0.15) is 0 Å². The molecule has 1 heterocycles. The number of hydrogen-bond donors (Lipinski definition) is 1. The van der Waals surface area contributed by atoms with E-state index in [4.69, 9.17) is 0 Å². The van der Waals surface area contributed by atoms with E-state index in [-0.39, 0.29) is 0 Å². The zero-order chi connectivity index (χ0) is 11.1. The van der Waals surface area contributed by atoms with Crippen molar-refractivity contribution < 1.29 is 8.42 Å². The molecule has 1 N–H and O–H groups in total. The third-order valence-corrected chi connectivity index (χ3v) is 4.50. The number of nitrogens with one attached hydrogen (secondary N) is 1. The van der Waals surface area contributed by atoms with Crippen LogP contribution in [-0.4, -0.2) is 8.42 Å². The lowest BCUT2D eigenvalue weighted by Crippen LogP contribution is -2.13.